The fourth-order valence-corrected chi connectivity index (χ4v) is 0.836. The van der Waals surface area contributed by atoms with Crippen LogP contribution >= 0.6 is 0 Å². The molecule has 0 saturated carbocycles. The van der Waals surface area contributed by atoms with Gasteiger partial charge in [-0.1, -0.05) is 17.8 Å². The first-order valence-electron chi connectivity index (χ1n) is 3.79. The summed E-state index contributed by atoms with van der Waals surface area (Å²) in [5.41, 5.74) is 1.72. The number of benzene rings is 1. The second-order valence-corrected chi connectivity index (χ2v) is 2.36. The zero-order valence-electron chi connectivity index (χ0n) is 7.04. The first kappa shape index (κ1) is 8.92. The maximum Gasteiger partial charge on any atom is 0.0966 e. The third-order valence-corrected chi connectivity index (χ3v) is 1.45. The molecule has 0 amide bonds. The zero-order valence-corrected chi connectivity index (χ0v) is 7.04. The highest BCUT2D eigenvalue weighted by molar-refractivity contribution is 5.41. The Morgan fingerprint density at radius 1 is 1.15 bits per heavy atom. The molecule has 1 heteroatoms. The summed E-state index contributed by atoms with van der Waals surface area (Å²) in [7, 11) is 0. The summed E-state index contributed by atoms with van der Waals surface area (Å²) in [4.78, 5) is 0. The summed E-state index contributed by atoms with van der Waals surface area (Å²) in [5, 5.41) is 8.25. The lowest BCUT2D eigenvalue weighted by atomic mass is 10.1. The van der Waals surface area contributed by atoms with Crippen LogP contribution in [0, 0.1) is 35.5 Å². The third-order valence-electron chi connectivity index (χ3n) is 1.45. The topological polar surface area (TPSA) is 23.8 Å². The van der Waals surface area contributed by atoms with Crippen LogP contribution in [-0.4, -0.2) is 0 Å². The third kappa shape index (κ3) is 2.74. The second kappa shape index (κ2) is 4.66. The van der Waals surface area contributed by atoms with Crippen LogP contribution in [0.25, 0.3) is 0 Å². The predicted octanol–water partition coefficient (Wildman–Crippen LogP) is 1.93. The molecule has 1 rings (SSSR count). The van der Waals surface area contributed by atoms with E-state index in [4.69, 9.17) is 11.7 Å². The maximum atomic E-state index is 8.25. The van der Waals surface area contributed by atoms with Crippen LogP contribution in [0.15, 0.2) is 24.3 Å². The van der Waals surface area contributed by atoms with Gasteiger partial charge in [0.2, 0.25) is 0 Å². The Labute approximate surface area is 78.0 Å². The molecule has 0 bridgehead atoms. The standard InChI is InChI=1S/C12H7N/c1-2-11-6-8-12(9-7-11)5-3-4-10-13/h1,6-9H,4H2. The Morgan fingerprint density at radius 3 is 2.31 bits per heavy atom. The van der Waals surface area contributed by atoms with Gasteiger partial charge in [-0.3, -0.25) is 0 Å². The molecule has 60 valence electrons. The normalized spacial score (nSPS) is 7.54. The summed E-state index contributed by atoms with van der Waals surface area (Å²) in [6, 6.07) is 9.31. The van der Waals surface area contributed by atoms with Gasteiger partial charge in [-0.05, 0) is 24.3 Å². The Balaban J connectivity index is 2.80. The van der Waals surface area contributed by atoms with Crippen molar-refractivity contribution in [1.29, 1.82) is 5.26 Å². The summed E-state index contributed by atoms with van der Waals surface area (Å²) in [5.74, 6) is 8.10. The summed E-state index contributed by atoms with van der Waals surface area (Å²) < 4.78 is 0. The minimum Gasteiger partial charge on any atom is -0.197 e. The van der Waals surface area contributed by atoms with Gasteiger partial charge in [0, 0.05) is 11.1 Å². The van der Waals surface area contributed by atoms with Crippen molar-refractivity contribution < 1.29 is 0 Å². The highest BCUT2D eigenvalue weighted by Gasteiger charge is 1.86. The van der Waals surface area contributed by atoms with Crippen molar-refractivity contribution in [3.05, 3.63) is 35.4 Å². The lowest BCUT2D eigenvalue weighted by molar-refractivity contribution is 1.39. The molecule has 1 nitrogen and oxygen atoms in total. The zero-order chi connectivity index (χ0) is 9.52. The van der Waals surface area contributed by atoms with Crippen LogP contribution in [0.4, 0.5) is 0 Å². The molecule has 0 radical (unpaired) electrons. The number of terminal acetylenes is 1. The molecular formula is C12H7N. The van der Waals surface area contributed by atoms with Gasteiger partial charge >= 0.3 is 0 Å². The van der Waals surface area contributed by atoms with E-state index in [1.165, 1.54) is 0 Å². The van der Waals surface area contributed by atoms with Gasteiger partial charge in [0.1, 0.15) is 0 Å². The van der Waals surface area contributed by atoms with Crippen molar-refractivity contribution in [3.8, 4) is 30.3 Å². The fourth-order valence-electron chi connectivity index (χ4n) is 0.836. The van der Waals surface area contributed by atoms with E-state index in [-0.39, 0.29) is 6.42 Å². The second-order valence-electron chi connectivity index (χ2n) is 2.36. The van der Waals surface area contributed by atoms with Crippen LogP contribution in [-0.2, 0) is 0 Å². The van der Waals surface area contributed by atoms with Gasteiger partial charge in [-0.15, -0.1) is 6.42 Å². The molecule has 0 aliphatic carbocycles. The molecule has 0 N–H and O–H groups in total. The van der Waals surface area contributed by atoms with Crippen LogP contribution in [0.3, 0.4) is 0 Å². The predicted molar refractivity (Wildman–Crippen MR) is 51.5 cm³/mol. The van der Waals surface area contributed by atoms with E-state index in [1.54, 1.807) is 0 Å². The number of nitriles is 1. The summed E-state index contributed by atoms with van der Waals surface area (Å²) >= 11 is 0. The molecular weight excluding hydrogens is 158 g/mol. The summed E-state index contributed by atoms with van der Waals surface area (Å²) in [6.45, 7) is 0. The van der Waals surface area contributed by atoms with Gasteiger partial charge in [0.25, 0.3) is 0 Å². The molecule has 0 aliphatic heterocycles. The van der Waals surface area contributed by atoms with E-state index in [1.807, 2.05) is 30.3 Å². The van der Waals surface area contributed by atoms with Crippen molar-refractivity contribution in [3.63, 3.8) is 0 Å². The van der Waals surface area contributed by atoms with E-state index in [2.05, 4.69) is 17.8 Å². The van der Waals surface area contributed by atoms with Gasteiger partial charge in [0.05, 0.1) is 12.5 Å². The largest absolute Gasteiger partial charge is 0.197 e. The quantitative estimate of drug-likeness (QED) is 0.539. The first-order valence-corrected chi connectivity index (χ1v) is 3.79. The number of hydrogen-bond donors (Lipinski definition) is 0. The molecule has 1 aromatic rings. The van der Waals surface area contributed by atoms with Gasteiger partial charge in [0.15, 0.2) is 0 Å². The first-order chi connectivity index (χ1) is 6.36. The van der Waals surface area contributed by atoms with Crippen molar-refractivity contribution in [2.24, 2.45) is 0 Å². The lowest BCUT2D eigenvalue weighted by Crippen LogP contribution is -1.75. The van der Waals surface area contributed by atoms with Crippen LogP contribution in [0.1, 0.15) is 17.5 Å². The number of nitrogens with zero attached hydrogens (tertiary/aromatic N) is 1. The highest BCUT2D eigenvalue weighted by atomic mass is 14.2. The van der Waals surface area contributed by atoms with E-state index >= 15 is 0 Å². The molecule has 0 fully saturated rings. The van der Waals surface area contributed by atoms with Crippen molar-refractivity contribution >= 4 is 0 Å². The maximum absolute atomic E-state index is 8.25. The Bertz CT molecular complexity index is 415. The van der Waals surface area contributed by atoms with Crippen LogP contribution < -0.4 is 0 Å². The molecule has 0 spiro atoms. The highest BCUT2D eigenvalue weighted by Crippen LogP contribution is 2.01. The Hall–Kier alpha value is -2.17. The summed E-state index contributed by atoms with van der Waals surface area (Å²) in [6.07, 6.45) is 5.45. The molecule has 0 heterocycles. The van der Waals surface area contributed by atoms with Crippen molar-refractivity contribution in [2.75, 3.05) is 0 Å². The monoisotopic (exact) mass is 165 g/mol. The average molecular weight is 165 g/mol. The van der Waals surface area contributed by atoms with Crippen molar-refractivity contribution in [2.45, 2.75) is 6.42 Å². The van der Waals surface area contributed by atoms with Crippen molar-refractivity contribution in [1.82, 2.24) is 0 Å². The number of rotatable bonds is 0. The molecule has 0 aliphatic rings. The lowest BCUT2D eigenvalue weighted by Gasteiger charge is -1.90. The Morgan fingerprint density at radius 2 is 1.77 bits per heavy atom. The minimum absolute atomic E-state index is 0.261. The smallest absolute Gasteiger partial charge is 0.0966 e. The van der Waals surface area contributed by atoms with Gasteiger partial charge in [-0.2, -0.15) is 5.26 Å². The van der Waals surface area contributed by atoms with Crippen LogP contribution in [0.2, 0.25) is 0 Å². The Kier molecular flexibility index (Phi) is 3.20. The minimum atomic E-state index is 0.261. The van der Waals surface area contributed by atoms with Crippen LogP contribution in [0.5, 0.6) is 0 Å². The van der Waals surface area contributed by atoms with Gasteiger partial charge < -0.3 is 0 Å². The number of hydrogen-bond acceptors (Lipinski definition) is 1. The molecule has 0 unspecified atom stereocenters. The molecule has 13 heavy (non-hydrogen) atoms. The van der Waals surface area contributed by atoms with E-state index in [0.29, 0.717) is 0 Å². The fraction of sp³-hybridized carbons (Fsp3) is 0.0833. The molecule has 0 atom stereocenters. The SMILES string of the molecule is C#Cc1ccc(C#CCC#N)cc1. The average Bonchev–Trinajstić information content (AvgIpc) is 2.19. The van der Waals surface area contributed by atoms with E-state index < -0.39 is 0 Å². The molecule has 0 aromatic heterocycles. The molecule has 1 aromatic carbocycles. The van der Waals surface area contributed by atoms with Gasteiger partial charge in [-0.25, -0.2) is 0 Å². The van der Waals surface area contributed by atoms with E-state index in [9.17, 15) is 0 Å². The molecule has 0 saturated heterocycles. The van der Waals surface area contributed by atoms with E-state index in [0.717, 1.165) is 11.1 Å².